The number of amides is 2. The molecule has 0 fully saturated rings. The van der Waals surface area contributed by atoms with Crippen LogP contribution in [-0.4, -0.2) is 21.4 Å². The van der Waals surface area contributed by atoms with Gasteiger partial charge < -0.3 is 15.2 Å². The van der Waals surface area contributed by atoms with Crippen molar-refractivity contribution in [2.45, 2.75) is 19.9 Å². The van der Waals surface area contributed by atoms with Gasteiger partial charge in [0.25, 0.3) is 5.91 Å². The summed E-state index contributed by atoms with van der Waals surface area (Å²) in [4.78, 5) is 27.5. The molecule has 1 heterocycles. The molecule has 2 amide bonds. The molecule has 132 valence electrons. The standard InChI is InChI=1S/C20H20N4O2/c1-14(16-5-9-19(10-6-16)24-12-11-21-13-24)22-20(26)17-3-7-18(8-4-17)23-15(2)25/h3-14H,1-2H3,(H,22,26)(H,23,25)/t14-/m1/s1. The van der Waals surface area contributed by atoms with E-state index in [-0.39, 0.29) is 17.9 Å². The second kappa shape index (κ2) is 7.65. The molecule has 0 unspecified atom stereocenters. The predicted octanol–water partition coefficient (Wildman–Crippen LogP) is 3.32. The minimum Gasteiger partial charge on any atom is -0.346 e. The second-order valence-electron chi connectivity index (χ2n) is 6.02. The van der Waals surface area contributed by atoms with Crippen LogP contribution >= 0.6 is 0 Å². The van der Waals surface area contributed by atoms with Crippen molar-refractivity contribution in [3.05, 3.63) is 78.4 Å². The molecule has 0 bridgehead atoms. The van der Waals surface area contributed by atoms with E-state index in [1.165, 1.54) is 6.92 Å². The van der Waals surface area contributed by atoms with Crippen LogP contribution in [0.5, 0.6) is 0 Å². The minimum absolute atomic E-state index is 0.130. The van der Waals surface area contributed by atoms with E-state index in [2.05, 4.69) is 15.6 Å². The van der Waals surface area contributed by atoms with Gasteiger partial charge in [-0.1, -0.05) is 12.1 Å². The Hall–Kier alpha value is -3.41. The zero-order valence-corrected chi connectivity index (χ0v) is 14.6. The largest absolute Gasteiger partial charge is 0.346 e. The highest BCUT2D eigenvalue weighted by molar-refractivity contribution is 5.95. The fourth-order valence-corrected chi connectivity index (χ4v) is 2.62. The van der Waals surface area contributed by atoms with Crippen molar-refractivity contribution >= 4 is 17.5 Å². The maximum Gasteiger partial charge on any atom is 0.251 e. The van der Waals surface area contributed by atoms with Gasteiger partial charge >= 0.3 is 0 Å². The normalized spacial score (nSPS) is 11.6. The van der Waals surface area contributed by atoms with Crippen LogP contribution in [0.2, 0.25) is 0 Å². The zero-order valence-electron chi connectivity index (χ0n) is 14.6. The summed E-state index contributed by atoms with van der Waals surface area (Å²) in [5, 5.41) is 5.66. The Kier molecular flexibility index (Phi) is 5.12. The van der Waals surface area contributed by atoms with Crippen LogP contribution in [0.1, 0.15) is 35.8 Å². The van der Waals surface area contributed by atoms with Crippen molar-refractivity contribution in [2.75, 3.05) is 5.32 Å². The summed E-state index contributed by atoms with van der Waals surface area (Å²) in [6.45, 7) is 3.39. The molecule has 6 heteroatoms. The lowest BCUT2D eigenvalue weighted by Gasteiger charge is -2.15. The average Bonchev–Trinajstić information content (AvgIpc) is 3.16. The first-order valence-corrected chi connectivity index (χ1v) is 8.30. The average molecular weight is 348 g/mol. The first kappa shape index (κ1) is 17.4. The zero-order chi connectivity index (χ0) is 18.5. The summed E-state index contributed by atoms with van der Waals surface area (Å²) in [5.74, 6) is -0.305. The summed E-state index contributed by atoms with van der Waals surface area (Å²) in [5.41, 5.74) is 3.23. The molecule has 6 nitrogen and oxygen atoms in total. The Balaban J connectivity index is 1.64. The Morgan fingerprint density at radius 2 is 1.73 bits per heavy atom. The Bertz CT molecular complexity index is 885. The molecule has 1 aromatic heterocycles. The summed E-state index contributed by atoms with van der Waals surface area (Å²) in [7, 11) is 0. The lowest BCUT2D eigenvalue weighted by atomic mass is 10.1. The first-order chi connectivity index (χ1) is 12.5. The summed E-state index contributed by atoms with van der Waals surface area (Å²) < 4.78 is 1.92. The van der Waals surface area contributed by atoms with Gasteiger partial charge in [0.1, 0.15) is 0 Å². The quantitative estimate of drug-likeness (QED) is 0.743. The molecule has 1 atom stereocenters. The fraction of sp³-hybridized carbons (Fsp3) is 0.150. The molecule has 2 aromatic carbocycles. The van der Waals surface area contributed by atoms with E-state index in [0.29, 0.717) is 11.3 Å². The minimum atomic E-state index is -0.162. The Morgan fingerprint density at radius 1 is 1.04 bits per heavy atom. The number of nitrogens with zero attached hydrogens (tertiary/aromatic N) is 2. The number of carbonyl (C=O) groups excluding carboxylic acids is 2. The number of hydrogen-bond acceptors (Lipinski definition) is 3. The molecule has 0 aliphatic rings. The number of rotatable bonds is 5. The fourth-order valence-electron chi connectivity index (χ4n) is 2.62. The highest BCUT2D eigenvalue weighted by atomic mass is 16.2. The topological polar surface area (TPSA) is 76.0 Å². The van der Waals surface area contributed by atoms with Gasteiger partial charge in [-0.25, -0.2) is 4.98 Å². The van der Waals surface area contributed by atoms with Gasteiger partial charge in [-0.05, 0) is 48.9 Å². The van der Waals surface area contributed by atoms with Crippen LogP contribution in [0.4, 0.5) is 5.69 Å². The van der Waals surface area contributed by atoms with Crippen molar-refractivity contribution in [1.29, 1.82) is 0 Å². The molecule has 0 aliphatic carbocycles. The number of imidazole rings is 1. The second-order valence-corrected chi connectivity index (χ2v) is 6.02. The third-order valence-electron chi connectivity index (χ3n) is 4.01. The number of hydrogen-bond donors (Lipinski definition) is 2. The highest BCUT2D eigenvalue weighted by Gasteiger charge is 2.12. The Morgan fingerprint density at radius 3 is 2.31 bits per heavy atom. The molecule has 0 saturated heterocycles. The number of nitrogens with one attached hydrogen (secondary N) is 2. The summed E-state index contributed by atoms with van der Waals surface area (Å²) in [6.07, 6.45) is 5.35. The highest BCUT2D eigenvalue weighted by Crippen LogP contribution is 2.17. The maximum atomic E-state index is 12.4. The van der Waals surface area contributed by atoms with Gasteiger partial charge in [0, 0.05) is 36.3 Å². The van der Waals surface area contributed by atoms with E-state index in [1.54, 1.807) is 36.8 Å². The molecule has 0 aliphatic heterocycles. The van der Waals surface area contributed by atoms with Crippen LogP contribution in [-0.2, 0) is 4.79 Å². The van der Waals surface area contributed by atoms with E-state index in [0.717, 1.165) is 11.3 Å². The number of benzene rings is 2. The molecule has 0 radical (unpaired) electrons. The van der Waals surface area contributed by atoms with E-state index in [4.69, 9.17) is 0 Å². The first-order valence-electron chi connectivity index (χ1n) is 8.30. The predicted molar refractivity (Wildman–Crippen MR) is 100 cm³/mol. The van der Waals surface area contributed by atoms with E-state index in [9.17, 15) is 9.59 Å². The van der Waals surface area contributed by atoms with Crippen molar-refractivity contribution in [3.63, 3.8) is 0 Å². The van der Waals surface area contributed by atoms with Crippen LogP contribution in [0.3, 0.4) is 0 Å². The van der Waals surface area contributed by atoms with Gasteiger partial charge in [-0.15, -0.1) is 0 Å². The van der Waals surface area contributed by atoms with E-state index < -0.39 is 0 Å². The van der Waals surface area contributed by atoms with Gasteiger partial charge in [-0.2, -0.15) is 0 Å². The lowest BCUT2D eigenvalue weighted by Crippen LogP contribution is -2.26. The van der Waals surface area contributed by atoms with Gasteiger partial charge in [0.15, 0.2) is 0 Å². The van der Waals surface area contributed by atoms with Crippen molar-refractivity contribution < 1.29 is 9.59 Å². The van der Waals surface area contributed by atoms with Crippen molar-refractivity contribution in [1.82, 2.24) is 14.9 Å². The summed E-state index contributed by atoms with van der Waals surface area (Å²) in [6, 6.07) is 14.6. The van der Waals surface area contributed by atoms with Crippen LogP contribution in [0.25, 0.3) is 5.69 Å². The SMILES string of the molecule is CC(=O)Nc1ccc(C(=O)N[C@H](C)c2ccc(-n3ccnc3)cc2)cc1. The molecular formula is C20H20N4O2. The van der Waals surface area contributed by atoms with Gasteiger partial charge in [-0.3, -0.25) is 9.59 Å². The molecule has 0 saturated carbocycles. The van der Waals surface area contributed by atoms with Crippen LogP contribution < -0.4 is 10.6 Å². The molecule has 3 aromatic rings. The molecule has 3 rings (SSSR count). The monoisotopic (exact) mass is 348 g/mol. The number of aromatic nitrogens is 2. The molecule has 26 heavy (non-hydrogen) atoms. The van der Waals surface area contributed by atoms with Crippen molar-refractivity contribution in [3.8, 4) is 5.69 Å². The molecule has 2 N–H and O–H groups in total. The lowest BCUT2D eigenvalue weighted by molar-refractivity contribution is -0.114. The van der Waals surface area contributed by atoms with Crippen molar-refractivity contribution in [2.24, 2.45) is 0 Å². The summed E-state index contributed by atoms with van der Waals surface area (Å²) >= 11 is 0. The van der Waals surface area contributed by atoms with Crippen LogP contribution in [0, 0.1) is 0 Å². The Labute approximate surface area is 151 Å². The smallest absolute Gasteiger partial charge is 0.251 e. The van der Waals surface area contributed by atoms with E-state index in [1.807, 2.05) is 42.0 Å². The number of carbonyl (C=O) groups is 2. The van der Waals surface area contributed by atoms with Crippen LogP contribution in [0.15, 0.2) is 67.3 Å². The number of anilines is 1. The third-order valence-corrected chi connectivity index (χ3v) is 4.01. The maximum absolute atomic E-state index is 12.4. The van der Waals surface area contributed by atoms with E-state index >= 15 is 0 Å². The van der Waals surface area contributed by atoms with Gasteiger partial charge in [0.2, 0.25) is 5.91 Å². The third kappa shape index (κ3) is 4.16. The molecular weight excluding hydrogens is 328 g/mol. The molecule has 0 spiro atoms. The van der Waals surface area contributed by atoms with Gasteiger partial charge in [0.05, 0.1) is 12.4 Å².